The van der Waals surface area contributed by atoms with Crippen LogP contribution in [0.2, 0.25) is 5.02 Å². The summed E-state index contributed by atoms with van der Waals surface area (Å²) < 4.78 is 5.59. The smallest absolute Gasteiger partial charge is 0.256 e. The maximum absolute atomic E-state index is 13.2. The molecule has 0 aromatic heterocycles. The normalized spacial score (nSPS) is 21.2. The van der Waals surface area contributed by atoms with Gasteiger partial charge in [-0.05, 0) is 36.1 Å². The molecular formula is C22H23ClN2O3. The average molecular weight is 399 g/mol. The highest BCUT2D eigenvalue weighted by Gasteiger charge is 2.35. The first-order valence-corrected chi connectivity index (χ1v) is 10.0. The van der Waals surface area contributed by atoms with Crippen LogP contribution >= 0.6 is 11.6 Å². The van der Waals surface area contributed by atoms with E-state index in [4.69, 9.17) is 16.3 Å². The maximum Gasteiger partial charge on any atom is 0.256 e. The van der Waals surface area contributed by atoms with Gasteiger partial charge < -0.3 is 15.0 Å². The molecule has 5 nitrogen and oxygen atoms in total. The molecule has 146 valence electrons. The second kappa shape index (κ2) is 8.33. The van der Waals surface area contributed by atoms with Crippen molar-refractivity contribution >= 4 is 23.4 Å². The Morgan fingerprint density at radius 1 is 1.11 bits per heavy atom. The molecule has 2 amide bonds. The fraction of sp³-hybridized carbons (Fsp3) is 0.364. The number of halogens is 1. The Labute approximate surface area is 169 Å². The summed E-state index contributed by atoms with van der Waals surface area (Å²) in [6, 6.07) is 14.3. The number of rotatable bonds is 4. The van der Waals surface area contributed by atoms with Crippen molar-refractivity contribution in [3.63, 3.8) is 0 Å². The molecule has 0 aliphatic carbocycles. The van der Waals surface area contributed by atoms with Crippen molar-refractivity contribution in [2.24, 2.45) is 0 Å². The molecule has 2 unspecified atom stereocenters. The minimum absolute atomic E-state index is 0.0625. The Morgan fingerprint density at radius 3 is 2.61 bits per heavy atom. The first-order chi connectivity index (χ1) is 13.6. The Bertz CT molecular complexity index is 880. The van der Waals surface area contributed by atoms with Crippen LogP contribution in [-0.4, -0.2) is 42.0 Å². The zero-order chi connectivity index (χ0) is 19.5. The third-order valence-corrected chi connectivity index (χ3v) is 5.77. The molecule has 2 aliphatic rings. The van der Waals surface area contributed by atoms with Crippen LogP contribution in [-0.2, 0) is 22.5 Å². The summed E-state index contributed by atoms with van der Waals surface area (Å²) in [5.74, 6) is -0.372. The molecule has 2 aromatic carbocycles. The van der Waals surface area contributed by atoms with E-state index in [2.05, 4.69) is 5.32 Å². The second-order valence-corrected chi connectivity index (χ2v) is 7.69. The monoisotopic (exact) mass is 398 g/mol. The van der Waals surface area contributed by atoms with Gasteiger partial charge in [-0.3, -0.25) is 9.59 Å². The lowest BCUT2D eigenvalue weighted by Crippen LogP contribution is -2.53. The highest BCUT2D eigenvalue weighted by atomic mass is 35.5. The maximum atomic E-state index is 13.2. The van der Waals surface area contributed by atoms with E-state index in [9.17, 15) is 9.59 Å². The zero-order valence-corrected chi connectivity index (χ0v) is 16.3. The highest BCUT2D eigenvalue weighted by Crippen LogP contribution is 2.27. The standard InChI is InChI=1S/C22H23ClN2O3/c23-19-10-4-3-9-18(19)22(27)25-14-16-7-2-1-6-15(16)12-20(25)21(26)24-13-17-8-5-11-28-17/h1-4,6-7,9-10,17,20H,5,8,11-14H2,(H,24,26). The first-order valence-electron chi connectivity index (χ1n) is 9.65. The van der Waals surface area contributed by atoms with Crippen LogP contribution < -0.4 is 5.32 Å². The van der Waals surface area contributed by atoms with Crippen molar-refractivity contribution in [2.45, 2.75) is 38.0 Å². The number of hydrogen-bond acceptors (Lipinski definition) is 3. The predicted octanol–water partition coefficient (Wildman–Crippen LogP) is 3.20. The number of carbonyl (C=O) groups excluding carboxylic acids is 2. The summed E-state index contributed by atoms with van der Waals surface area (Å²) in [7, 11) is 0. The van der Waals surface area contributed by atoms with Gasteiger partial charge in [-0.25, -0.2) is 0 Å². The van der Waals surface area contributed by atoms with E-state index in [-0.39, 0.29) is 17.9 Å². The summed E-state index contributed by atoms with van der Waals surface area (Å²) in [4.78, 5) is 27.9. The van der Waals surface area contributed by atoms with Gasteiger partial charge in [0.2, 0.25) is 5.91 Å². The topological polar surface area (TPSA) is 58.6 Å². The lowest BCUT2D eigenvalue weighted by molar-refractivity contribution is -0.126. The van der Waals surface area contributed by atoms with E-state index in [0.29, 0.717) is 30.1 Å². The molecule has 2 aliphatic heterocycles. The summed E-state index contributed by atoms with van der Waals surface area (Å²) in [6.07, 6.45) is 2.53. The van der Waals surface area contributed by atoms with Gasteiger partial charge >= 0.3 is 0 Å². The summed E-state index contributed by atoms with van der Waals surface area (Å²) in [6.45, 7) is 1.61. The fourth-order valence-electron chi connectivity index (χ4n) is 3.90. The van der Waals surface area contributed by atoms with Gasteiger partial charge in [-0.1, -0.05) is 48.0 Å². The molecule has 0 saturated carbocycles. The first kappa shape index (κ1) is 19.0. The molecule has 1 N–H and O–H groups in total. The van der Waals surface area contributed by atoms with Gasteiger partial charge in [0.05, 0.1) is 16.7 Å². The van der Waals surface area contributed by atoms with Gasteiger partial charge in [0.1, 0.15) is 6.04 Å². The molecule has 1 saturated heterocycles. The molecular weight excluding hydrogens is 376 g/mol. The quantitative estimate of drug-likeness (QED) is 0.860. The van der Waals surface area contributed by atoms with Crippen molar-refractivity contribution < 1.29 is 14.3 Å². The fourth-order valence-corrected chi connectivity index (χ4v) is 4.11. The van der Waals surface area contributed by atoms with E-state index >= 15 is 0 Å². The SMILES string of the molecule is O=C(NCC1CCCO1)C1Cc2ccccc2CN1C(=O)c1ccccc1Cl. The number of hydrogen-bond donors (Lipinski definition) is 1. The van der Waals surface area contributed by atoms with Crippen LogP contribution in [0.1, 0.15) is 34.3 Å². The predicted molar refractivity (Wildman–Crippen MR) is 107 cm³/mol. The molecule has 1 fully saturated rings. The molecule has 0 bridgehead atoms. The third-order valence-electron chi connectivity index (χ3n) is 5.44. The van der Waals surface area contributed by atoms with Gasteiger partial charge in [0.15, 0.2) is 0 Å². The van der Waals surface area contributed by atoms with Crippen molar-refractivity contribution in [3.8, 4) is 0 Å². The number of amides is 2. The zero-order valence-electron chi connectivity index (χ0n) is 15.6. The molecule has 0 spiro atoms. The highest BCUT2D eigenvalue weighted by molar-refractivity contribution is 6.33. The second-order valence-electron chi connectivity index (χ2n) is 7.28. The lowest BCUT2D eigenvalue weighted by Gasteiger charge is -2.36. The average Bonchev–Trinajstić information content (AvgIpc) is 3.24. The number of fused-ring (bicyclic) bond motifs is 1. The third kappa shape index (κ3) is 3.91. The molecule has 2 heterocycles. The number of nitrogens with one attached hydrogen (secondary N) is 1. The number of benzene rings is 2. The Balaban J connectivity index is 1.58. The minimum Gasteiger partial charge on any atom is -0.376 e. The van der Waals surface area contributed by atoms with E-state index in [1.807, 2.05) is 24.3 Å². The summed E-state index contributed by atoms with van der Waals surface area (Å²) in [5.41, 5.74) is 2.58. The number of nitrogens with zero attached hydrogens (tertiary/aromatic N) is 1. The lowest BCUT2D eigenvalue weighted by atomic mass is 9.92. The summed E-state index contributed by atoms with van der Waals surface area (Å²) in [5, 5.41) is 3.38. The number of carbonyl (C=O) groups is 2. The van der Waals surface area contributed by atoms with Crippen LogP contribution in [0.15, 0.2) is 48.5 Å². The Morgan fingerprint density at radius 2 is 1.86 bits per heavy atom. The van der Waals surface area contributed by atoms with Crippen LogP contribution in [0.5, 0.6) is 0 Å². The molecule has 4 rings (SSSR count). The molecule has 2 atom stereocenters. The van der Waals surface area contributed by atoms with Crippen LogP contribution in [0.25, 0.3) is 0 Å². The van der Waals surface area contributed by atoms with E-state index in [1.54, 1.807) is 29.2 Å². The number of ether oxygens (including phenoxy) is 1. The van der Waals surface area contributed by atoms with Gasteiger partial charge in [0.25, 0.3) is 5.91 Å². The largest absolute Gasteiger partial charge is 0.376 e. The van der Waals surface area contributed by atoms with Crippen molar-refractivity contribution in [3.05, 3.63) is 70.2 Å². The van der Waals surface area contributed by atoms with E-state index < -0.39 is 6.04 Å². The van der Waals surface area contributed by atoms with E-state index in [0.717, 1.165) is 30.6 Å². The van der Waals surface area contributed by atoms with Gasteiger partial charge in [-0.2, -0.15) is 0 Å². The van der Waals surface area contributed by atoms with Crippen LogP contribution in [0.4, 0.5) is 0 Å². The molecule has 6 heteroatoms. The Kier molecular flexibility index (Phi) is 5.64. The van der Waals surface area contributed by atoms with Crippen molar-refractivity contribution in [1.29, 1.82) is 0 Å². The van der Waals surface area contributed by atoms with Crippen molar-refractivity contribution in [2.75, 3.05) is 13.2 Å². The van der Waals surface area contributed by atoms with Gasteiger partial charge in [0, 0.05) is 26.1 Å². The minimum atomic E-state index is -0.569. The van der Waals surface area contributed by atoms with Crippen molar-refractivity contribution in [1.82, 2.24) is 10.2 Å². The Hall–Kier alpha value is -2.37. The molecule has 28 heavy (non-hydrogen) atoms. The van der Waals surface area contributed by atoms with Gasteiger partial charge in [-0.15, -0.1) is 0 Å². The van der Waals surface area contributed by atoms with Crippen LogP contribution in [0, 0.1) is 0 Å². The van der Waals surface area contributed by atoms with E-state index in [1.165, 1.54) is 0 Å². The molecule has 0 radical (unpaired) electrons. The summed E-state index contributed by atoms with van der Waals surface area (Å²) >= 11 is 6.25. The van der Waals surface area contributed by atoms with Crippen LogP contribution in [0.3, 0.4) is 0 Å². The molecule has 2 aromatic rings.